The summed E-state index contributed by atoms with van der Waals surface area (Å²) >= 11 is 6.00. The van der Waals surface area contributed by atoms with Crippen LogP contribution in [0.2, 0.25) is 5.02 Å². The third-order valence-corrected chi connectivity index (χ3v) is 4.00. The number of esters is 1. The van der Waals surface area contributed by atoms with Crippen LogP contribution in [0.15, 0.2) is 12.1 Å². The predicted molar refractivity (Wildman–Crippen MR) is 78.3 cm³/mol. The summed E-state index contributed by atoms with van der Waals surface area (Å²) in [5.74, 6) is -0.0964. The Hall–Kier alpha value is -1.95. The first-order chi connectivity index (χ1) is 10.6. The molecule has 1 aromatic carbocycles. The van der Waals surface area contributed by atoms with E-state index < -0.39 is 5.97 Å². The highest BCUT2D eigenvalue weighted by atomic mass is 35.5. The van der Waals surface area contributed by atoms with Crippen LogP contribution in [0, 0.1) is 0 Å². The SMILES string of the molecule is O=C(COC(=O)c1cc(Cl)c2c(c1)OCO2)NC1CCCC1. The molecular formula is C15H16ClNO5. The lowest BCUT2D eigenvalue weighted by Gasteiger charge is -2.12. The first-order valence-corrected chi connectivity index (χ1v) is 7.57. The van der Waals surface area contributed by atoms with E-state index in [0.29, 0.717) is 11.5 Å². The van der Waals surface area contributed by atoms with Crippen LogP contribution in [-0.4, -0.2) is 31.3 Å². The van der Waals surface area contributed by atoms with Crippen molar-refractivity contribution in [3.63, 3.8) is 0 Å². The number of nitrogens with one attached hydrogen (secondary N) is 1. The van der Waals surface area contributed by atoms with Gasteiger partial charge in [-0.15, -0.1) is 0 Å². The minimum Gasteiger partial charge on any atom is -0.454 e. The zero-order valence-corrected chi connectivity index (χ0v) is 12.6. The topological polar surface area (TPSA) is 73.9 Å². The average Bonchev–Trinajstić information content (AvgIpc) is 3.15. The molecule has 0 radical (unpaired) electrons. The van der Waals surface area contributed by atoms with E-state index in [4.69, 9.17) is 25.8 Å². The van der Waals surface area contributed by atoms with Gasteiger partial charge in [-0.05, 0) is 25.0 Å². The van der Waals surface area contributed by atoms with Crippen LogP contribution >= 0.6 is 11.6 Å². The number of halogens is 1. The van der Waals surface area contributed by atoms with Crippen molar-refractivity contribution in [2.45, 2.75) is 31.7 Å². The molecule has 3 rings (SSSR count). The molecule has 7 heteroatoms. The van der Waals surface area contributed by atoms with Gasteiger partial charge >= 0.3 is 5.97 Å². The Kier molecular flexibility index (Phi) is 4.38. The van der Waals surface area contributed by atoms with Gasteiger partial charge in [0.2, 0.25) is 6.79 Å². The molecule has 1 N–H and O–H groups in total. The minimum atomic E-state index is -0.623. The Labute approximate surface area is 132 Å². The first kappa shape index (κ1) is 15.0. The molecule has 0 spiro atoms. The third kappa shape index (κ3) is 3.27. The number of amides is 1. The molecule has 0 saturated heterocycles. The van der Waals surface area contributed by atoms with Gasteiger partial charge in [-0.2, -0.15) is 0 Å². The summed E-state index contributed by atoms with van der Waals surface area (Å²) in [5, 5.41) is 3.13. The summed E-state index contributed by atoms with van der Waals surface area (Å²) in [6.07, 6.45) is 4.22. The van der Waals surface area contributed by atoms with E-state index in [1.807, 2.05) is 0 Å². The summed E-state index contributed by atoms with van der Waals surface area (Å²) in [4.78, 5) is 23.7. The van der Waals surface area contributed by atoms with Crippen LogP contribution in [0.5, 0.6) is 11.5 Å². The van der Waals surface area contributed by atoms with Crippen molar-refractivity contribution < 1.29 is 23.8 Å². The zero-order valence-electron chi connectivity index (χ0n) is 11.9. The van der Waals surface area contributed by atoms with Crippen molar-refractivity contribution >= 4 is 23.5 Å². The number of hydrogen-bond donors (Lipinski definition) is 1. The lowest BCUT2D eigenvalue weighted by Crippen LogP contribution is -2.35. The molecule has 22 heavy (non-hydrogen) atoms. The largest absolute Gasteiger partial charge is 0.454 e. The van der Waals surface area contributed by atoms with Crippen molar-refractivity contribution in [2.75, 3.05) is 13.4 Å². The quantitative estimate of drug-likeness (QED) is 0.860. The molecule has 2 aliphatic rings. The van der Waals surface area contributed by atoms with E-state index in [9.17, 15) is 9.59 Å². The summed E-state index contributed by atoms with van der Waals surface area (Å²) < 4.78 is 15.4. The molecule has 6 nitrogen and oxygen atoms in total. The Morgan fingerprint density at radius 2 is 2.05 bits per heavy atom. The van der Waals surface area contributed by atoms with Crippen molar-refractivity contribution in [3.05, 3.63) is 22.7 Å². The van der Waals surface area contributed by atoms with Crippen LogP contribution in [-0.2, 0) is 9.53 Å². The maximum Gasteiger partial charge on any atom is 0.338 e. The molecule has 1 heterocycles. The summed E-state index contributed by atoms with van der Waals surface area (Å²) in [5.41, 5.74) is 0.225. The monoisotopic (exact) mass is 325 g/mol. The van der Waals surface area contributed by atoms with Gasteiger partial charge in [-0.1, -0.05) is 24.4 Å². The molecule has 0 bridgehead atoms. The second-order valence-corrected chi connectivity index (χ2v) is 5.72. The second-order valence-electron chi connectivity index (χ2n) is 5.32. The maximum atomic E-state index is 12.0. The second kappa shape index (κ2) is 6.44. The van der Waals surface area contributed by atoms with E-state index in [0.717, 1.165) is 25.7 Å². The lowest BCUT2D eigenvalue weighted by atomic mass is 10.2. The van der Waals surface area contributed by atoms with E-state index in [2.05, 4.69) is 5.32 Å². The van der Waals surface area contributed by atoms with Gasteiger partial charge < -0.3 is 19.5 Å². The molecule has 118 valence electrons. The Bertz CT molecular complexity index is 598. The smallest absolute Gasteiger partial charge is 0.338 e. The Balaban J connectivity index is 1.55. The summed E-state index contributed by atoms with van der Waals surface area (Å²) in [7, 11) is 0. The molecule has 0 aromatic heterocycles. The van der Waals surface area contributed by atoms with E-state index in [1.54, 1.807) is 0 Å². The first-order valence-electron chi connectivity index (χ1n) is 7.19. The molecule has 0 unspecified atom stereocenters. The van der Waals surface area contributed by atoms with E-state index in [1.165, 1.54) is 12.1 Å². The molecule has 1 aromatic rings. The predicted octanol–water partition coefficient (Wildman–Crippen LogP) is 2.28. The van der Waals surface area contributed by atoms with Gasteiger partial charge in [0.1, 0.15) is 0 Å². The minimum absolute atomic E-state index is 0.0668. The van der Waals surface area contributed by atoms with Crippen LogP contribution in [0.3, 0.4) is 0 Å². The van der Waals surface area contributed by atoms with Gasteiger partial charge in [-0.3, -0.25) is 4.79 Å². The highest BCUT2D eigenvalue weighted by Gasteiger charge is 2.22. The molecule has 1 fully saturated rings. The molecule has 1 amide bonds. The van der Waals surface area contributed by atoms with Crippen molar-refractivity contribution in [2.24, 2.45) is 0 Å². The molecule has 1 aliphatic heterocycles. The standard InChI is InChI=1S/C15H16ClNO5/c16-11-5-9(6-12-14(11)22-8-21-12)15(19)20-7-13(18)17-10-3-1-2-4-10/h5-6,10H,1-4,7-8H2,(H,17,18). The van der Waals surface area contributed by atoms with Crippen molar-refractivity contribution in [1.82, 2.24) is 5.32 Å². The third-order valence-electron chi connectivity index (χ3n) is 3.72. The lowest BCUT2D eigenvalue weighted by molar-refractivity contribution is -0.124. The number of rotatable bonds is 4. The highest BCUT2D eigenvalue weighted by molar-refractivity contribution is 6.32. The number of benzene rings is 1. The fourth-order valence-corrected chi connectivity index (χ4v) is 2.90. The van der Waals surface area contributed by atoms with Gasteiger partial charge in [0, 0.05) is 6.04 Å². The number of carbonyl (C=O) groups excluding carboxylic acids is 2. The number of fused-ring (bicyclic) bond motifs is 1. The number of carbonyl (C=O) groups is 2. The van der Waals surface area contributed by atoms with Crippen LogP contribution in [0.4, 0.5) is 0 Å². The fourth-order valence-electron chi connectivity index (χ4n) is 2.64. The highest BCUT2D eigenvalue weighted by Crippen LogP contribution is 2.39. The van der Waals surface area contributed by atoms with Gasteiger partial charge in [0.15, 0.2) is 18.1 Å². The average molecular weight is 326 g/mol. The maximum absolute atomic E-state index is 12.0. The molecular weight excluding hydrogens is 310 g/mol. The van der Waals surface area contributed by atoms with Gasteiger partial charge in [-0.25, -0.2) is 4.79 Å². The summed E-state index contributed by atoms with van der Waals surface area (Å²) in [6.45, 7) is -0.237. The van der Waals surface area contributed by atoms with E-state index >= 15 is 0 Å². The zero-order chi connectivity index (χ0) is 15.5. The van der Waals surface area contributed by atoms with Crippen LogP contribution < -0.4 is 14.8 Å². The van der Waals surface area contributed by atoms with Gasteiger partial charge in [0.25, 0.3) is 5.91 Å². The van der Waals surface area contributed by atoms with Crippen molar-refractivity contribution in [3.8, 4) is 11.5 Å². The van der Waals surface area contributed by atoms with Gasteiger partial charge in [0.05, 0.1) is 10.6 Å². The van der Waals surface area contributed by atoms with Crippen LogP contribution in [0.1, 0.15) is 36.0 Å². The van der Waals surface area contributed by atoms with E-state index in [-0.39, 0.29) is 35.9 Å². The van der Waals surface area contributed by atoms with Crippen molar-refractivity contribution in [1.29, 1.82) is 0 Å². The number of hydrogen-bond acceptors (Lipinski definition) is 5. The fraction of sp³-hybridized carbons (Fsp3) is 0.467. The Morgan fingerprint density at radius 1 is 1.27 bits per heavy atom. The molecule has 1 aliphatic carbocycles. The number of ether oxygens (including phenoxy) is 3. The molecule has 0 atom stereocenters. The van der Waals surface area contributed by atoms with Crippen LogP contribution in [0.25, 0.3) is 0 Å². The summed E-state index contributed by atoms with van der Waals surface area (Å²) in [6, 6.07) is 3.13. The normalized spacial score (nSPS) is 16.6. The molecule has 1 saturated carbocycles. The Morgan fingerprint density at radius 3 is 2.82 bits per heavy atom.